The summed E-state index contributed by atoms with van der Waals surface area (Å²) >= 11 is 0. The quantitative estimate of drug-likeness (QED) is 0.687. The Hall–Kier alpha value is -0.120. The average Bonchev–Trinajstić information content (AvgIpc) is 2.46. The van der Waals surface area contributed by atoms with Gasteiger partial charge in [0.15, 0.2) is 5.79 Å². The van der Waals surface area contributed by atoms with Gasteiger partial charge in [-0.25, -0.2) is 0 Å². The van der Waals surface area contributed by atoms with Crippen molar-refractivity contribution in [2.45, 2.75) is 31.5 Å². The predicted octanol–water partition coefficient (Wildman–Crippen LogP) is 0.912. The zero-order chi connectivity index (χ0) is 8.44. The van der Waals surface area contributed by atoms with Crippen molar-refractivity contribution in [3.63, 3.8) is 0 Å². The largest absolute Gasteiger partial charge is 0.396 e. The van der Waals surface area contributed by atoms with Crippen LogP contribution in [-0.2, 0) is 9.47 Å². The van der Waals surface area contributed by atoms with E-state index in [4.69, 9.17) is 14.6 Å². The van der Waals surface area contributed by atoms with E-state index in [1.165, 1.54) is 0 Å². The molecule has 1 saturated heterocycles. The van der Waals surface area contributed by atoms with E-state index >= 15 is 0 Å². The van der Waals surface area contributed by atoms with E-state index in [0.717, 1.165) is 44.8 Å². The van der Waals surface area contributed by atoms with E-state index in [0.29, 0.717) is 6.61 Å². The van der Waals surface area contributed by atoms with Crippen LogP contribution in [0.25, 0.3) is 0 Å². The van der Waals surface area contributed by atoms with Gasteiger partial charge in [-0.15, -0.1) is 0 Å². The van der Waals surface area contributed by atoms with Crippen LogP contribution in [0.5, 0.6) is 0 Å². The molecular formula is C9H16O3. The molecular weight excluding hydrogens is 156 g/mol. The van der Waals surface area contributed by atoms with Gasteiger partial charge in [-0.2, -0.15) is 0 Å². The minimum absolute atomic E-state index is 0.194. The summed E-state index contributed by atoms with van der Waals surface area (Å²) in [7, 11) is 0. The molecule has 0 bridgehead atoms. The molecule has 1 aliphatic heterocycles. The number of rotatable bonds is 3. The fourth-order valence-electron chi connectivity index (χ4n) is 2.14. The smallest absolute Gasteiger partial charge is 0.169 e. The molecule has 3 nitrogen and oxygen atoms in total. The van der Waals surface area contributed by atoms with Crippen LogP contribution in [0.1, 0.15) is 25.7 Å². The van der Waals surface area contributed by atoms with E-state index in [1.807, 2.05) is 0 Å². The molecule has 0 unspecified atom stereocenters. The first kappa shape index (κ1) is 8.48. The highest BCUT2D eigenvalue weighted by molar-refractivity contribution is 4.90. The lowest BCUT2D eigenvalue weighted by Gasteiger charge is -2.42. The second kappa shape index (κ2) is 3.32. The lowest BCUT2D eigenvalue weighted by molar-refractivity contribution is -0.231. The van der Waals surface area contributed by atoms with Crippen molar-refractivity contribution < 1.29 is 14.6 Å². The van der Waals surface area contributed by atoms with E-state index in [9.17, 15) is 0 Å². The van der Waals surface area contributed by atoms with Crippen LogP contribution >= 0.6 is 0 Å². The fraction of sp³-hybridized carbons (Fsp3) is 1.00. The average molecular weight is 172 g/mol. The lowest BCUT2D eigenvalue weighted by Crippen LogP contribution is -2.44. The first-order valence-electron chi connectivity index (χ1n) is 4.73. The Kier molecular flexibility index (Phi) is 2.35. The van der Waals surface area contributed by atoms with Gasteiger partial charge in [-0.05, 0) is 18.8 Å². The maximum absolute atomic E-state index is 8.63. The highest BCUT2D eigenvalue weighted by Crippen LogP contribution is 2.45. The predicted molar refractivity (Wildman–Crippen MR) is 43.7 cm³/mol. The van der Waals surface area contributed by atoms with Gasteiger partial charge in [0.25, 0.3) is 0 Å². The summed E-state index contributed by atoms with van der Waals surface area (Å²) in [5.41, 5.74) is 0. The van der Waals surface area contributed by atoms with Crippen LogP contribution in [0, 0.1) is 5.92 Å². The molecule has 12 heavy (non-hydrogen) atoms. The molecule has 1 N–H and O–H groups in total. The molecule has 1 spiro atoms. The number of hydrogen-bond acceptors (Lipinski definition) is 3. The van der Waals surface area contributed by atoms with Crippen molar-refractivity contribution in [3.8, 4) is 0 Å². The van der Waals surface area contributed by atoms with Crippen molar-refractivity contribution >= 4 is 0 Å². The molecule has 70 valence electrons. The maximum atomic E-state index is 8.63. The van der Waals surface area contributed by atoms with E-state index in [2.05, 4.69) is 0 Å². The normalized spacial score (nSPS) is 27.8. The minimum Gasteiger partial charge on any atom is -0.396 e. The molecule has 0 aromatic heterocycles. The Morgan fingerprint density at radius 3 is 2.50 bits per heavy atom. The summed E-state index contributed by atoms with van der Waals surface area (Å²) in [5.74, 6) is 0.524. The lowest BCUT2D eigenvalue weighted by atomic mass is 9.76. The highest BCUT2D eigenvalue weighted by Gasteiger charge is 2.48. The molecule has 2 rings (SSSR count). The number of hydrogen-bond donors (Lipinski definition) is 1. The Morgan fingerprint density at radius 2 is 1.92 bits per heavy atom. The molecule has 1 heterocycles. The first-order chi connectivity index (χ1) is 5.85. The molecule has 0 radical (unpaired) electrons. The summed E-state index contributed by atoms with van der Waals surface area (Å²) in [4.78, 5) is 0. The maximum Gasteiger partial charge on any atom is 0.169 e. The molecule has 1 aliphatic carbocycles. The third-order valence-corrected chi connectivity index (χ3v) is 2.78. The molecule has 1 saturated carbocycles. The van der Waals surface area contributed by atoms with Crippen LogP contribution in [-0.4, -0.2) is 30.7 Å². The summed E-state index contributed by atoms with van der Waals surface area (Å²) < 4.78 is 11.0. The molecule has 0 atom stereocenters. The van der Waals surface area contributed by atoms with Crippen LogP contribution in [0.2, 0.25) is 0 Å². The zero-order valence-electron chi connectivity index (χ0n) is 7.29. The van der Waals surface area contributed by atoms with Gasteiger partial charge in [0.1, 0.15) is 0 Å². The Balaban J connectivity index is 1.68. The zero-order valence-corrected chi connectivity index (χ0v) is 7.29. The monoisotopic (exact) mass is 172 g/mol. The van der Waals surface area contributed by atoms with Crippen LogP contribution < -0.4 is 0 Å². The van der Waals surface area contributed by atoms with E-state index in [1.54, 1.807) is 0 Å². The van der Waals surface area contributed by atoms with Gasteiger partial charge >= 0.3 is 0 Å². The third-order valence-electron chi connectivity index (χ3n) is 2.78. The summed E-state index contributed by atoms with van der Waals surface area (Å²) in [5, 5.41) is 8.63. The first-order valence-corrected chi connectivity index (χ1v) is 4.73. The topological polar surface area (TPSA) is 38.7 Å². The van der Waals surface area contributed by atoms with Crippen LogP contribution in [0.3, 0.4) is 0 Å². The molecule has 0 aromatic carbocycles. The van der Waals surface area contributed by atoms with Gasteiger partial charge in [0.2, 0.25) is 0 Å². The molecule has 0 amide bonds. The summed E-state index contributed by atoms with van der Waals surface area (Å²) in [6.45, 7) is 1.82. The number of ether oxygens (including phenoxy) is 2. The fourth-order valence-corrected chi connectivity index (χ4v) is 2.14. The van der Waals surface area contributed by atoms with E-state index < -0.39 is 0 Å². The van der Waals surface area contributed by atoms with Gasteiger partial charge in [-0.3, -0.25) is 0 Å². The number of aliphatic hydroxyl groups is 1. The van der Waals surface area contributed by atoms with Gasteiger partial charge in [-0.1, -0.05) is 0 Å². The molecule has 0 aromatic rings. The van der Waals surface area contributed by atoms with Crippen LogP contribution in [0.15, 0.2) is 0 Å². The van der Waals surface area contributed by atoms with Crippen molar-refractivity contribution in [1.82, 2.24) is 0 Å². The Bertz CT molecular complexity index is 144. The van der Waals surface area contributed by atoms with Gasteiger partial charge < -0.3 is 14.6 Å². The van der Waals surface area contributed by atoms with Crippen molar-refractivity contribution in [2.24, 2.45) is 5.92 Å². The summed E-state index contributed by atoms with van der Waals surface area (Å²) in [6.07, 6.45) is 4.10. The SMILES string of the molecule is OCCCC1CC2(C1)OCCO2. The summed E-state index contributed by atoms with van der Waals surface area (Å²) in [6, 6.07) is 0. The highest BCUT2D eigenvalue weighted by atomic mass is 16.7. The second-order valence-electron chi connectivity index (χ2n) is 3.75. The second-order valence-corrected chi connectivity index (χ2v) is 3.75. The minimum atomic E-state index is -0.194. The standard InChI is InChI=1S/C9H16O3/c10-3-1-2-8-6-9(7-8)11-4-5-12-9/h8,10H,1-7H2. The molecule has 2 aliphatic rings. The molecule has 2 fully saturated rings. The number of aliphatic hydroxyl groups excluding tert-OH is 1. The Morgan fingerprint density at radius 1 is 1.25 bits per heavy atom. The van der Waals surface area contributed by atoms with Gasteiger partial charge in [0, 0.05) is 19.4 Å². The van der Waals surface area contributed by atoms with Crippen molar-refractivity contribution in [2.75, 3.05) is 19.8 Å². The van der Waals surface area contributed by atoms with Crippen molar-refractivity contribution in [3.05, 3.63) is 0 Å². The Labute approximate surface area is 72.7 Å². The van der Waals surface area contributed by atoms with Gasteiger partial charge in [0.05, 0.1) is 13.2 Å². The van der Waals surface area contributed by atoms with Crippen molar-refractivity contribution in [1.29, 1.82) is 0 Å². The molecule has 3 heteroatoms. The third kappa shape index (κ3) is 1.49. The van der Waals surface area contributed by atoms with E-state index in [-0.39, 0.29) is 5.79 Å². The van der Waals surface area contributed by atoms with Crippen LogP contribution in [0.4, 0.5) is 0 Å².